The van der Waals surface area contributed by atoms with Gasteiger partial charge in [0.25, 0.3) is 0 Å². The van der Waals surface area contributed by atoms with Crippen molar-refractivity contribution >= 4 is 17.3 Å². The van der Waals surface area contributed by atoms with E-state index in [9.17, 15) is 4.57 Å². The zero-order valence-electron chi connectivity index (χ0n) is 31.9. The highest BCUT2D eigenvalue weighted by atomic mass is 31.1. The minimum absolute atomic E-state index is 0.337. The lowest BCUT2D eigenvalue weighted by Crippen LogP contribution is -2.32. The average Bonchev–Trinajstić information content (AvgIpc) is 3.00. The van der Waals surface area contributed by atoms with Crippen LogP contribution in [0.3, 0.4) is 0 Å². The van der Waals surface area contributed by atoms with Gasteiger partial charge in [-0.15, -0.1) is 9.24 Å². The maximum Gasteiger partial charge on any atom is 0.194 e. The lowest BCUT2D eigenvalue weighted by molar-refractivity contribution is 0.270. The van der Waals surface area contributed by atoms with Crippen LogP contribution < -0.4 is 0 Å². The van der Waals surface area contributed by atoms with E-state index in [1.807, 2.05) is 20.8 Å². The molecule has 0 aliphatic rings. The Morgan fingerprint density at radius 1 is 0.523 bits per heavy atom. The highest BCUT2D eigenvalue weighted by Crippen LogP contribution is 2.44. The highest BCUT2D eigenvalue weighted by molar-refractivity contribution is 7.40. The summed E-state index contributed by atoms with van der Waals surface area (Å²) in [6.45, 7) is 17.2. The van der Waals surface area contributed by atoms with E-state index in [0.717, 1.165) is 18.8 Å². The molecule has 0 aliphatic heterocycles. The molecule has 1 N–H and O–H groups in total. The van der Waals surface area contributed by atoms with Crippen molar-refractivity contribution in [2.45, 2.75) is 245 Å². The van der Waals surface area contributed by atoms with Crippen LogP contribution in [0.15, 0.2) is 0 Å². The molecular formula is C40H86O2P2. The second-order valence-electron chi connectivity index (χ2n) is 15.1. The molecule has 0 aromatic rings. The largest absolute Gasteiger partial charge is 0.346 e. The third-order valence-electron chi connectivity index (χ3n) is 10.6. The lowest BCUT2D eigenvalue weighted by Gasteiger charge is -2.39. The molecule has 0 saturated heterocycles. The lowest BCUT2D eigenvalue weighted by atomic mass is 9.77. The molecule has 0 fully saturated rings. The third-order valence-corrected chi connectivity index (χ3v) is 13.3. The van der Waals surface area contributed by atoms with E-state index in [0.29, 0.717) is 11.1 Å². The molecular weight excluding hydrogens is 574 g/mol. The molecule has 0 amide bonds. The van der Waals surface area contributed by atoms with Crippen molar-refractivity contribution in [3.05, 3.63) is 0 Å². The second kappa shape index (κ2) is 32.2. The van der Waals surface area contributed by atoms with Gasteiger partial charge in [-0.25, -0.2) is 0 Å². The van der Waals surface area contributed by atoms with Crippen molar-refractivity contribution < 1.29 is 9.46 Å². The third kappa shape index (κ3) is 25.7. The number of unbranched alkanes of at least 4 members (excludes halogenated alkanes) is 18. The molecule has 4 atom stereocenters. The van der Waals surface area contributed by atoms with E-state index in [4.69, 9.17) is 4.89 Å². The molecule has 0 aromatic carbocycles. The van der Waals surface area contributed by atoms with Crippen LogP contribution in [0, 0.1) is 11.8 Å². The van der Waals surface area contributed by atoms with Gasteiger partial charge in [-0.2, -0.15) is 0 Å². The smallest absolute Gasteiger partial charge is 0.194 e. The fourth-order valence-corrected chi connectivity index (χ4v) is 8.02. The molecule has 0 aliphatic carbocycles. The molecule has 4 heteroatoms. The molecule has 0 saturated carbocycles. The van der Waals surface area contributed by atoms with Gasteiger partial charge in [-0.3, -0.25) is 4.57 Å². The standard InChI is InChI=1S/C32H67P.C8H19O2P/c1-5-9-13-17-18-19-20-21-22-24-28-31(27-23-14-10-6-2)32(33,29-25-15-11-7-3)30-26-16-12-8-4;1-5-6-7(2)8(3,4)11(9)10/h31H,5-30,33H2,1-4H3;7,11H,5-6H2,1-4H3,(H,9,10). The SMILES string of the molecule is CCCC(C)C(C)(C)[PH](=O)O.CCCCCCCCCCCCC(CCCCCC)C(P)(CCCCCC)CCCCCC. The number of hydrogen-bond acceptors (Lipinski definition) is 1. The van der Waals surface area contributed by atoms with Crippen LogP contribution in [0.5, 0.6) is 0 Å². The Labute approximate surface area is 283 Å². The Hall–Kier alpha value is 0.620. The Bertz CT molecular complexity index is 594. The zero-order chi connectivity index (χ0) is 33.5. The normalized spacial score (nSPS) is 14.2. The Balaban J connectivity index is 0. The quantitative estimate of drug-likeness (QED) is 0.0593. The van der Waals surface area contributed by atoms with E-state index in [2.05, 4.69) is 43.9 Å². The van der Waals surface area contributed by atoms with Crippen molar-refractivity contribution in [3.8, 4) is 0 Å². The van der Waals surface area contributed by atoms with E-state index in [1.54, 1.807) is 0 Å². The van der Waals surface area contributed by atoms with E-state index in [1.165, 1.54) is 167 Å². The van der Waals surface area contributed by atoms with Crippen LogP contribution in [0.2, 0.25) is 0 Å². The fourth-order valence-electron chi connectivity index (χ4n) is 6.71. The monoisotopic (exact) mass is 661 g/mol. The van der Waals surface area contributed by atoms with Crippen LogP contribution in [-0.2, 0) is 4.57 Å². The Morgan fingerprint density at radius 3 is 1.18 bits per heavy atom. The van der Waals surface area contributed by atoms with Gasteiger partial charge in [-0.05, 0) is 49.1 Å². The van der Waals surface area contributed by atoms with Gasteiger partial charge in [0.2, 0.25) is 0 Å². The molecule has 268 valence electrons. The molecule has 0 spiro atoms. The van der Waals surface area contributed by atoms with E-state index < -0.39 is 8.03 Å². The van der Waals surface area contributed by atoms with Crippen LogP contribution >= 0.6 is 17.3 Å². The van der Waals surface area contributed by atoms with Gasteiger partial charge >= 0.3 is 0 Å². The van der Waals surface area contributed by atoms with Crippen LogP contribution in [0.1, 0.15) is 235 Å². The molecule has 44 heavy (non-hydrogen) atoms. The maximum atomic E-state index is 10.9. The van der Waals surface area contributed by atoms with Crippen molar-refractivity contribution in [2.24, 2.45) is 11.8 Å². The second-order valence-corrected chi connectivity index (χ2v) is 18.1. The minimum atomic E-state index is -2.38. The summed E-state index contributed by atoms with van der Waals surface area (Å²) in [5, 5.41) is 0.133. The maximum absolute atomic E-state index is 10.9. The first kappa shape index (κ1) is 46.7. The van der Waals surface area contributed by atoms with Crippen molar-refractivity contribution in [1.82, 2.24) is 0 Å². The zero-order valence-corrected chi connectivity index (χ0v) is 34.0. The molecule has 0 rings (SSSR count). The molecule has 0 bridgehead atoms. The molecule has 2 nitrogen and oxygen atoms in total. The first-order valence-corrected chi connectivity index (χ1v) is 22.0. The minimum Gasteiger partial charge on any atom is -0.346 e. The van der Waals surface area contributed by atoms with Gasteiger partial charge < -0.3 is 4.89 Å². The summed E-state index contributed by atoms with van der Waals surface area (Å²) >= 11 is 0. The van der Waals surface area contributed by atoms with E-state index >= 15 is 0 Å². The molecule has 0 aromatic heterocycles. The summed E-state index contributed by atoms with van der Waals surface area (Å²) in [5.41, 5.74) is 0. The summed E-state index contributed by atoms with van der Waals surface area (Å²) < 4.78 is 10.9. The molecule has 4 unspecified atom stereocenters. The summed E-state index contributed by atoms with van der Waals surface area (Å²) in [5.74, 6) is 1.28. The number of hydrogen-bond donors (Lipinski definition) is 1. The van der Waals surface area contributed by atoms with Gasteiger partial charge in [-0.1, -0.05) is 203 Å². The van der Waals surface area contributed by atoms with Crippen LogP contribution in [-0.4, -0.2) is 15.2 Å². The summed E-state index contributed by atoms with van der Waals surface area (Å²) in [4.78, 5) is 9.02. The molecule has 0 radical (unpaired) electrons. The first-order valence-electron chi connectivity index (χ1n) is 20.1. The van der Waals surface area contributed by atoms with Gasteiger partial charge in [0.15, 0.2) is 8.03 Å². The fraction of sp³-hybridized carbons (Fsp3) is 1.00. The van der Waals surface area contributed by atoms with E-state index in [-0.39, 0.29) is 5.16 Å². The number of rotatable bonds is 31. The van der Waals surface area contributed by atoms with Gasteiger partial charge in [0.1, 0.15) is 0 Å². The molecule has 0 heterocycles. The van der Waals surface area contributed by atoms with Crippen molar-refractivity contribution in [2.75, 3.05) is 0 Å². The van der Waals surface area contributed by atoms with Gasteiger partial charge in [0, 0.05) is 5.16 Å². The first-order chi connectivity index (χ1) is 21.1. The topological polar surface area (TPSA) is 37.3 Å². The Morgan fingerprint density at radius 2 is 0.841 bits per heavy atom. The van der Waals surface area contributed by atoms with Crippen molar-refractivity contribution in [3.63, 3.8) is 0 Å². The summed E-state index contributed by atoms with van der Waals surface area (Å²) in [6.07, 6.45) is 39.7. The summed E-state index contributed by atoms with van der Waals surface area (Å²) in [7, 11) is 1.10. The van der Waals surface area contributed by atoms with Crippen LogP contribution in [0.25, 0.3) is 0 Å². The van der Waals surface area contributed by atoms with Gasteiger partial charge in [0.05, 0.1) is 0 Å². The average molecular weight is 661 g/mol. The highest BCUT2D eigenvalue weighted by Gasteiger charge is 2.33. The predicted octanol–water partition coefficient (Wildman–Crippen LogP) is 15.1. The Kier molecular flexibility index (Phi) is 34.2. The van der Waals surface area contributed by atoms with Crippen molar-refractivity contribution in [1.29, 1.82) is 0 Å². The summed E-state index contributed by atoms with van der Waals surface area (Å²) in [6, 6.07) is 0. The van der Waals surface area contributed by atoms with Crippen LogP contribution in [0.4, 0.5) is 0 Å². The predicted molar refractivity (Wildman–Crippen MR) is 208 cm³/mol.